The molecule has 6 nitrogen and oxygen atoms in total. The van der Waals surface area contributed by atoms with Crippen LogP contribution in [-0.2, 0) is 4.79 Å². The lowest BCUT2D eigenvalue weighted by molar-refractivity contribution is -0.385. The first-order valence-corrected chi connectivity index (χ1v) is 6.69. The molecular weight excluding hydrogens is 258 g/mol. The van der Waals surface area contributed by atoms with Crippen molar-refractivity contribution in [3.05, 3.63) is 33.9 Å². The van der Waals surface area contributed by atoms with Crippen molar-refractivity contribution in [2.24, 2.45) is 11.7 Å². The van der Waals surface area contributed by atoms with Crippen LogP contribution in [0.25, 0.3) is 0 Å². The maximum absolute atomic E-state index is 11.8. The number of benzene rings is 1. The maximum atomic E-state index is 11.8. The quantitative estimate of drug-likeness (QED) is 0.592. The molecule has 0 fully saturated rings. The normalized spacial score (nSPS) is 11.9. The van der Waals surface area contributed by atoms with Crippen LogP contribution in [0.2, 0.25) is 0 Å². The van der Waals surface area contributed by atoms with Crippen molar-refractivity contribution in [3.8, 4) is 0 Å². The van der Waals surface area contributed by atoms with Crippen LogP contribution in [0, 0.1) is 23.0 Å². The third-order valence-electron chi connectivity index (χ3n) is 3.21. The number of nitrogens with two attached hydrogens (primary N) is 1. The second-order valence-corrected chi connectivity index (χ2v) is 5.03. The fourth-order valence-corrected chi connectivity index (χ4v) is 1.91. The lowest BCUT2D eigenvalue weighted by atomic mass is 10.0. The van der Waals surface area contributed by atoms with Gasteiger partial charge in [0, 0.05) is 23.7 Å². The van der Waals surface area contributed by atoms with Crippen molar-refractivity contribution in [1.82, 2.24) is 0 Å². The largest absolute Gasteiger partial charge is 0.330 e. The van der Waals surface area contributed by atoms with Gasteiger partial charge in [0.25, 0.3) is 5.69 Å². The van der Waals surface area contributed by atoms with Gasteiger partial charge in [0.15, 0.2) is 0 Å². The number of nitrogens with zero attached hydrogens (tertiary/aromatic N) is 1. The number of hydrogen-bond acceptors (Lipinski definition) is 4. The Morgan fingerprint density at radius 2 is 2.15 bits per heavy atom. The molecule has 0 saturated heterocycles. The highest BCUT2D eigenvalue weighted by atomic mass is 16.6. The van der Waals surface area contributed by atoms with Gasteiger partial charge in [-0.15, -0.1) is 0 Å². The van der Waals surface area contributed by atoms with Crippen molar-refractivity contribution in [2.75, 3.05) is 11.9 Å². The molecule has 110 valence electrons. The van der Waals surface area contributed by atoms with Crippen molar-refractivity contribution in [1.29, 1.82) is 0 Å². The summed E-state index contributed by atoms with van der Waals surface area (Å²) in [6.07, 6.45) is 2.04. The van der Waals surface area contributed by atoms with E-state index in [0.29, 0.717) is 30.1 Å². The molecule has 0 aromatic heterocycles. The average Bonchev–Trinajstić information content (AvgIpc) is 2.39. The molecule has 0 heterocycles. The number of aryl methyl sites for hydroxylation is 1. The molecule has 0 aliphatic rings. The van der Waals surface area contributed by atoms with Crippen LogP contribution < -0.4 is 11.1 Å². The first kappa shape index (κ1) is 16.1. The monoisotopic (exact) mass is 279 g/mol. The topological polar surface area (TPSA) is 98.3 Å². The molecule has 1 amide bonds. The lowest BCUT2D eigenvalue weighted by Gasteiger charge is -2.10. The summed E-state index contributed by atoms with van der Waals surface area (Å²) >= 11 is 0. The molecule has 1 atom stereocenters. The number of hydrogen-bond donors (Lipinski definition) is 2. The first-order valence-electron chi connectivity index (χ1n) is 6.69. The molecular formula is C14H21N3O3. The molecule has 0 saturated carbocycles. The van der Waals surface area contributed by atoms with Gasteiger partial charge >= 0.3 is 0 Å². The molecule has 0 bridgehead atoms. The molecule has 1 aromatic carbocycles. The van der Waals surface area contributed by atoms with E-state index in [2.05, 4.69) is 12.2 Å². The molecule has 0 radical (unpaired) electrons. The summed E-state index contributed by atoms with van der Waals surface area (Å²) < 4.78 is 0. The van der Waals surface area contributed by atoms with E-state index in [1.165, 1.54) is 6.07 Å². The minimum absolute atomic E-state index is 0.0132. The van der Waals surface area contributed by atoms with Gasteiger partial charge in [-0.05, 0) is 38.3 Å². The Bertz CT molecular complexity index is 489. The first-order chi connectivity index (χ1) is 9.43. The molecule has 0 aliphatic carbocycles. The van der Waals surface area contributed by atoms with Gasteiger partial charge in [-0.2, -0.15) is 0 Å². The van der Waals surface area contributed by atoms with Gasteiger partial charge in [-0.3, -0.25) is 14.9 Å². The number of nitro benzene ring substituents is 1. The smallest absolute Gasteiger partial charge is 0.274 e. The maximum Gasteiger partial charge on any atom is 0.274 e. The van der Waals surface area contributed by atoms with Crippen LogP contribution in [0.5, 0.6) is 0 Å². The predicted octanol–water partition coefficient (Wildman–Crippen LogP) is 2.61. The Hall–Kier alpha value is -1.95. The Morgan fingerprint density at radius 3 is 2.75 bits per heavy atom. The molecule has 20 heavy (non-hydrogen) atoms. The van der Waals surface area contributed by atoms with Gasteiger partial charge < -0.3 is 11.1 Å². The van der Waals surface area contributed by atoms with E-state index >= 15 is 0 Å². The van der Waals surface area contributed by atoms with Crippen LogP contribution in [-0.4, -0.2) is 17.4 Å². The van der Waals surface area contributed by atoms with Crippen molar-refractivity contribution in [2.45, 2.75) is 33.1 Å². The lowest BCUT2D eigenvalue weighted by Crippen LogP contribution is -2.14. The number of amides is 1. The number of carbonyl (C=O) groups excluding carboxylic acids is 1. The molecule has 6 heteroatoms. The zero-order chi connectivity index (χ0) is 15.1. The summed E-state index contributed by atoms with van der Waals surface area (Å²) in [7, 11) is 0. The van der Waals surface area contributed by atoms with E-state index in [4.69, 9.17) is 5.73 Å². The van der Waals surface area contributed by atoms with Crippen molar-refractivity contribution >= 4 is 17.3 Å². The Balaban J connectivity index is 2.58. The van der Waals surface area contributed by atoms with Gasteiger partial charge in [-0.1, -0.05) is 13.0 Å². The van der Waals surface area contributed by atoms with E-state index in [9.17, 15) is 14.9 Å². The molecule has 1 rings (SSSR count). The highest BCUT2D eigenvalue weighted by Gasteiger charge is 2.12. The van der Waals surface area contributed by atoms with Gasteiger partial charge in [-0.25, -0.2) is 0 Å². The van der Waals surface area contributed by atoms with Crippen LogP contribution in [0.15, 0.2) is 18.2 Å². The zero-order valence-corrected chi connectivity index (χ0v) is 11.9. The number of carbonyl (C=O) groups is 1. The number of nitrogens with one attached hydrogen (secondary N) is 1. The van der Waals surface area contributed by atoms with Crippen molar-refractivity contribution in [3.63, 3.8) is 0 Å². The van der Waals surface area contributed by atoms with E-state index in [-0.39, 0.29) is 11.6 Å². The standard InChI is InChI=1S/C14H21N3O3/c1-10(7-8-15)3-6-14(18)16-12-5-4-11(2)13(9-12)17(19)20/h4-5,9-10H,3,6-8,15H2,1-2H3,(H,16,18). The van der Waals surface area contributed by atoms with Crippen LogP contribution in [0.1, 0.15) is 31.7 Å². The van der Waals surface area contributed by atoms with E-state index in [0.717, 1.165) is 12.8 Å². The molecule has 0 aliphatic heterocycles. The summed E-state index contributed by atoms with van der Waals surface area (Å²) in [6.45, 7) is 4.34. The van der Waals surface area contributed by atoms with E-state index < -0.39 is 4.92 Å². The summed E-state index contributed by atoms with van der Waals surface area (Å²) in [5, 5.41) is 13.5. The number of anilines is 1. The summed E-state index contributed by atoms with van der Waals surface area (Å²) in [6, 6.07) is 4.69. The van der Waals surface area contributed by atoms with Crippen LogP contribution in [0.3, 0.4) is 0 Å². The van der Waals surface area contributed by atoms with Crippen molar-refractivity contribution < 1.29 is 9.72 Å². The predicted molar refractivity (Wildman–Crippen MR) is 78.5 cm³/mol. The average molecular weight is 279 g/mol. The van der Waals surface area contributed by atoms with Crippen LogP contribution in [0.4, 0.5) is 11.4 Å². The SMILES string of the molecule is Cc1ccc(NC(=O)CCC(C)CCN)cc1[N+](=O)[O-]. The summed E-state index contributed by atoms with van der Waals surface area (Å²) in [5.41, 5.74) is 6.50. The Labute approximate surface area is 118 Å². The highest BCUT2D eigenvalue weighted by Crippen LogP contribution is 2.22. The number of nitro groups is 1. The Morgan fingerprint density at radius 1 is 1.45 bits per heavy atom. The van der Waals surface area contributed by atoms with Gasteiger partial charge in [0.2, 0.25) is 5.91 Å². The fraction of sp³-hybridized carbons (Fsp3) is 0.500. The van der Waals surface area contributed by atoms with Gasteiger partial charge in [0.1, 0.15) is 0 Å². The summed E-state index contributed by atoms with van der Waals surface area (Å²) in [4.78, 5) is 22.2. The second kappa shape index (κ2) is 7.59. The van der Waals surface area contributed by atoms with E-state index in [1.54, 1.807) is 19.1 Å². The highest BCUT2D eigenvalue weighted by molar-refractivity contribution is 5.91. The molecule has 0 spiro atoms. The minimum atomic E-state index is -0.450. The Kier molecular flexibility index (Phi) is 6.11. The third kappa shape index (κ3) is 4.97. The molecule has 1 unspecified atom stereocenters. The van der Waals surface area contributed by atoms with Gasteiger partial charge in [0.05, 0.1) is 4.92 Å². The molecule has 3 N–H and O–H groups in total. The minimum Gasteiger partial charge on any atom is -0.330 e. The molecule has 1 aromatic rings. The van der Waals surface area contributed by atoms with Crippen LogP contribution >= 0.6 is 0 Å². The second-order valence-electron chi connectivity index (χ2n) is 5.03. The van der Waals surface area contributed by atoms with E-state index in [1.807, 2.05) is 0 Å². The third-order valence-corrected chi connectivity index (χ3v) is 3.21. The number of rotatable bonds is 7. The summed E-state index contributed by atoms with van der Waals surface area (Å²) in [5.74, 6) is 0.269. The fourth-order valence-electron chi connectivity index (χ4n) is 1.91. The zero-order valence-electron chi connectivity index (χ0n) is 11.9.